The Labute approximate surface area is 219 Å². The summed E-state index contributed by atoms with van der Waals surface area (Å²) in [5, 5.41) is 11.2. The monoisotopic (exact) mass is 538 g/mol. The summed E-state index contributed by atoms with van der Waals surface area (Å²) in [6, 6.07) is 10.1. The molecule has 1 amide bonds. The summed E-state index contributed by atoms with van der Waals surface area (Å²) in [5.41, 5.74) is 0.552. The van der Waals surface area contributed by atoms with Crippen LogP contribution in [0.2, 0.25) is 0 Å². The third-order valence-corrected chi connectivity index (χ3v) is 8.84. The van der Waals surface area contributed by atoms with Gasteiger partial charge in [0.1, 0.15) is 11.6 Å². The fourth-order valence-corrected chi connectivity index (χ4v) is 6.48. The SMILES string of the molecule is O=C1C(=O)N(CCCn2ccnc2)C(c2ccc(F)cc2)C1=C(O)c1ccc(S(=O)(=O)N2CCCC2)cc1. The van der Waals surface area contributed by atoms with E-state index in [0.717, 1.165) is 12.8 Å². The maximum Gasteiger partial charge on any atom is 0.295 e. The number of imidazole rings is 1. The minimum Gasteiger partial charge on any atom is -0.507 e. The van der Waals surface area contributed by atoms with Crippen LogP contribution in [0.25, 0.3) is 5.76 Å². The van der Waals surface area contributed by atoms with E-state index in [2.05, 4.69) is 4.98 Å². The number of halogens is 1. The minimum atomic E-state index is -3.65. The molecule has 2 aliphatic heterocycles. The van der Waals surface area contributed by atoms with Crippen LogP contribution in [0.3, 0.4) is 0 Å². The topological polar surface area (TPSA) is 113 Å². The average molecular weight is 539 g/mol. The average Bonchev–Trinajstić information content (AvgIpc) is 3.68. The van der Waals surface area contributed by atoms with E-state index in [0.29, 0.717) is 31.6 Å². The van der Waals surface area contributed by atoms with Crippen molar-refractivity contribution in [3.8, 4) is 0 Å². The number of nitrogens with zero attached hydrogens (tertiary/aromatic N) is 4. The predicted octanol–water partition coefficient (Wildman–Crippen LogP) is 3.32. The van der Waals surface area contributed by atoms with Gasteiger partial charge in [-0.2, -0.15) is 4.31 Å². The Morgan fingerprint density at radius 1 is 1.00 bits per heavy atom. The number of aliphatic hydroxyl groups excluding tert-OH is 1. The van der Waals surface area contributed by atoms with Crippen LogP contribution in [0.1, 0.15) is 36.4 Å². The number of Topliss-reactive ketones (excluding diaryl/α,β-unsaturated/α-hetero) is 1. The molecule has 38 heavy (non-hydrogen) atoms. The van der Waals surface area contributed by atoms with Gasteiger partial charge in [-0.3, -0.25) is 9.59 Å². The van der Waals surface area contributed by atoms with Crippen LogP contribution in [-0.2, 0) is 26.2 Å². The molecule has 2 aromatic carbocycles. The molecule has 2 saturated heterocycles. The molecule has 0 bridgehead atoms. The van der Waals surface area contributed by atoms with Crippen molar-refractivity contribution in [2.75, 3.05) is 19.6 Å². The van der Waals surface area contributed by atoms with Crippen LogP contribution in [0.4, 0.5) is 4.39 Å². The number of likely N-dealkylation sites (tertiary alicyclic amines) is 1. The summed E-state index contributed by atoms with van der Waals surface area (Å²) >= 11 is 0. The van der Waals surface area contributed by atoms with Gasteiger partial charge in [-0.05, 0) is 61.2 Å². The number of carbonyl (C=O) groups excluding carboxylic acids is 2. The molecule has 0 radical (unpaired) electrons. The Hall–Kier alpha value is -3.83. The second-order valence-electron chi connectivity index (χ2n) is 9.33. The second-order valence-corrected chi connectivity index (χ2v) is 11.3. The number of benzene rings is 2. The summed E-state index contributed by atoms with van der Waals surface area (Å²) in [6.07, 6.45) is 7.22. The largest absolute Gasteiger partial charge is 0.507 e. The Morgan fingerprint density at radius 3 is 2.32 bits per heavy atom. The number of hydrogen-bond donors (Lipinski definition) is 1. The first kappa shape index (κ1) is 25.8. The highest BCUT2D eigenvalue weighted by Gasteiger charge is 2.45. The van der Waals surface area contributed by atoms with Gasteiger partial charge in [-0.1, -0.05) is 12.1 Å². The van der Waals surface area contributed by atoms with Crippen molar-refractivity contribution in [1.82, 2.24) is 18.8 Å². The van der Waals surface area contributed by atoms with Gasteiger partial charge in [-0.25, -0.2) is 17.8 Å². The highest BCUT2D eigenvalue weighted by Crippen LogP contribution is 2.39. The maximum atomic E-state index is 13.7. The molecule has 2 fully saturated rings. The summed E-state index contributed by atoms with van der Waals surface area (Å²) in [7, 11) is -3.65. The number of hydrogen-bond acceptors (Lipinski definition) is 6. The van der Waals surface area contributed by atoms with Crippen LogP contribution in [0.5, 0.6) is 0 Å². The Morgan fingerprint density at radius 2 is 1.68 bits per heavy atom. The van der Waals surface area contributed by atoms with E-state index in [9.17, 15) is 27.5 Å². The highest BCUT2D eigenvalue weighted by molar-refractivity contribution is 7.89. The summed E-state index contributed by atoms with van der Waals surface area (Å²) in [4.78, 5) is 31.7. The fourth-order valence-electron chi connectivity index (χ4n) is 4.96. The third kappa shape index (κ3) is 4.86. The van der Waals surface area contributed by atoms with E-state index in [4.69, 9.17) is 0 Å². The van der Waals surface area contributed by atoms with Crippen LogP contribution < -0.4 is 0 Å². The summed E-state index contributed by atoms with van der Waals surface area (Å²) in [5.74, 6) is -2.51. The molecule has 11 heteroatoms. The molecular formula is C27H27FN4O5S. The molecule has 1 aromatic heterocycles. The molecule has 0 saturated carbocycles. The van der Waals surface area contributed by atoms with E-state index in [1.54, 1.807) is 18.7 Å². The number of rotatable bonds is 8. The van der Waals surface area contributed by atoms with Crippen LogP contribution >= 0.6 is 0 Å². The lowest BCUT2D eigenvalue weighted by molar-refractivity contribution is -0.139. The Bertz CT molecular complexity index is 1460. The molecular weight excluding hydrogens is 511 g/mol. The molecule has 1 atom stereocenters. The number of ketones is 1. The minimum absolute atomic E-state index is 0.0889. The second kappa shape index (κ2) is 10.5. The zero-order chi connectivity index (χ0) is 26.9. The van der Waals surface area contributed by atoms with Crippen molar-refractivity contribution in [3.05, 3.63) is 89.8 Å². The number of aromatic nitrogens is 2. The molecule has 0 spiro atoms. The van der Waals surface area contributed by atoms with Crippen LogP contribution in [-0.4, -0.2) is 63.6 Å². The number of amides is 1. The summed E-state index contributed by atoms with van der Waals surface area (Å²) in [6.45, 7) is 1.71. The first-order chi connectivity index (χ1) is 18.3. The van der Waals surface area contributed by atoms with Gasteiger partial charge in [0, 0.05) is 44.1 Å². The van der Waals surface area contributed by atoms with Gasteiger partial charge in [0.25, 0.3) is 11.7 Å². The molecule has 1 N–H and O–H groups in total. The summed E-state index contributed by atoms with van der Waals surface area (Å²) < 4.78 is 42.7. The van der Waals surface area contributed by atoms with Crippen LogP contribution in [0, 0.1) is 5.82 Å². The molecule has 2 aliphatic rings. The molecule has 9 nitrogen and oxygen atoms in total. The van der Waals surface area contributed by atoms with E-state index < -0.39 is 39.3 Å². The zero-order valence-corrected chi connectivity index (χ0v) is 21.3. The normalized spacial score (nSPS) is 19.9. The number of sulfonamides is 1. The van der Waals surface area contributed by atoms with E-state index in [1.165, 1.54) is 57.7 Å². The molecule has 3 heterocycles. The molecule has 0 aliphatic carbocycles. The molecule has 1 unspecified atom stereocenters. The predicted molar refractivity (Wildman–Crippen MR) is 137 cm³/mol. The number of aryl methyl sites for hydroxylation is 1. The lowest BCUT2D eigenvalue weighted by atomic mass is 9.95. The standard InChI is InChI=1S/C27H27FN4O5S/c28-21-8-4-19(5-9-21)24-23(26(34)27(35)32(24)16-3-13-30-17-12-29-18-30)25(33)20-6-10-22(11-7-20)38(36,37)31-14-1-2-15-31/h4-12,17-18,24,33H,1-3,13-16H2. The van der Waals surface area contributed by atoms with Crippen molar-refractivity contribution in [1.29, 1.82) is 0 Å². The van der Waals surface area contributed by atoms with Crippen molar-refractivity contribution in [2.24, 2.45) is 0 Å². The number of carbonyl (C=O) groups is 2. The fraction of sp³-hybridized carbons (Fsp3) is 0.296. The van der Waals surface area contributed by atoms with Crippen molar-refractivity contribution < 1.29 is 27.5 Å². The zero-order valence-electron chi connectivity index (χ0n) is 20.5. The number of aliphatic hydroxyl groups is 1. The smallest absolute Gasteiger partial charge is 0.295 e. The Balaban J connectivity index is 1.48. The van der Waals surface area contributed by atoms with Gasteiger partial charge >= 0.3 is 0 Å². The van der Waals surface area contributed by atoms with E-state index in [1.807, 2.05) is 4.57 Å². The van der Waals surface area contributed by atoms with Crippen molar-refractivity contribution in [3.63, 3.8) is 0 Å². The Kier molecular flexibility index (Phi) is 7.13. The van der Waals surface area contributed by atoms with E-state index >= 15 is 0 Å². The first-order valence-electron chi connectivity index (χ1n) is 12.4. The van der Waals surface area contributed by atoms with Crippen LogP contribution in [0.15, 0.2) is 77.7 Å². The van der Waals surface area contributed by atoms with Gasteiger partial charge in [0.15, 0.2) is 0 Å². The molecule has 5 rings (SSSR count). The van der Waals surface area contributed by atoms with Crippen molar-refractivity contribution >= 4 is 27.5 Å². The first-order valence-corrected chi connectivity index (χ1v) is 13.8. The lowest BCUT2D eigenvalue weighted by Gasteiger charge is -2.25. The molecule has 198 valence electrons. The van der Waals surface area contributed by atoms with E-state index in [-0.39, 0.29) is 22.6 Å². The highest BCUT2D eigenvalue weighted by atomic mass is 32.2. The lowest BCUT2D eigenvalue weighted by Crippen LogP contribution is -2.31. The van der Waals surface area contributed by atoms with Gasteiger partial charge in [-0.15, -0.1) is 0 Å². The maximum absolute atomic E-state index is 13.7. The van der Waals surface area contributed by atoms with Crippen molar-refractivity contribution in [2.45, 2.75) is 36.7 Å². The van der Waals surface area contributed by atoms with Gasteiger partial charge in [0.2, 0.25) is 10.0 Å². The van der Waals surface area contributed by atoms with Gasteiger partial charge < -0.3 is 14.6 Å². The molecule has 3 aromatic rings. The van der Waals surface area contributed by atoms with Gasteiger partial charge in [0.05, 0.1) is 22.8 Å². The quantitative estimate of drug-likeness (QED) is 0.268. The third-order valence-electron chi connectivity index (χ3n) is 6.93.